The normalized spacial score (nSPS) is 11.3. The van der Waals surface area contributed by atoms with Gasteiger partial charge in [0.15, 0.2) is 17.3 Å². The Morgan fingerprint density at radius 1 is 0.964 bits per heavy atom. The summed E-state index contributed by atoms with van der Waals surface area (Å²) < 4.78 is 3.92. The van der Waals surface area contributed by atoms with Crippen LogP contribution in [0.15, 0.2) is 60.8 Å². The zero-order valence-electron chi connectivity index (χ0n) is 15.3. The fourth-order valence-corrected chi connectivity index (χ4v) is 3.33. The van der Waals surface area contributed by atoms with E-state index >= 15 is 0 Å². The number of hydrogen-bond acceptors (Lipinski definition) is 5. The molecule has 0 aliphatic rings. The summed E-state index contributed by atoms with van der Waals surface area (Å²) in [5.41, 5.74) is 5.24. The van der Waals surface area contributed by atoms with Gasteiger partial charge in [-0.3, -0.25) is 4.68 Å². The first kappa shape index (κ1) is 16.4. The number of H-pyrrole nitrogens is 1. The topological polar surface area (TPSA) is 89.6 Å². The molecule has 3 heterocycles. The van der Waals surface area contributed by atoms with Gasteiger partial charge in [-0.05, 0) is 27.1 Å². The minimum atomic E-state index is 0.660. The van der Waals surface area contributed by atoms with E-state index in [9.17, 15) is 0 Å². The van der Waals surface area contributed by atoms with E-state index in [0.717, 1.165) is 41.1 Å². The minimum Gasteiger partial charge on any atom is -0.266 e. The van der Waals surface area contributed by atoms with Crippen LogP contribution in [0, 0.1) is 0 Å². The Bertz CT molecular complexity index is 1220. The number of aryl methyl sites for hydroxylation is 1. The number of aromatic nitrogens is 8. The maximum Gasteiger partial charge on any atom is 0.180 e. The number of benzene rings is 2. The van der Waals surface area contributed by atoms with Crippen molar-refractivity contribution in [1.82, 2.24) is 40.0 Å². The summed E-state index contributed by atoms with van der Waals surface area (Å²) in [6.45, 7) is 2.79. The van der Waals surface area contributed by atoms with Gasteiger partial charge >= 0.3 is 0 Å². The van der Waals surface area contributed by atoms with E-state index in [1.807, 2.05) is 35.1 Å². The van der Waals surface area contributed by atoms with Gasteiger partial charge in [0.1, 0.15) is 0 Å². The molecule has 5 aromatic rings. The van der Waals surface area contributed by atoms with Crippen molar-refractivity contribution in [3.05, 3.63) is 72.2 Å². The molecule has 2 aromatic carbocycles. The molecule has 0 amide bonds. The smallest absolute Gasteiger partial charge is 0.180 e. The lowest BCUT2D eigenvalue weighted by atomic mass is 9.98. The van der Waals surface area contributed by atoms with Crippen molar-refractivity contribution in [2.75, 3.05) is 0 Å². The van der Waals surface area contributed by atoms with E-state index in [-0.39, 0.29) is 0 Å². The average Bonchev–Trinajstić information content (AvgIpc) is 3.47. The molecule has 0 aliphatic heterocycles. The van der Waals surface area contributed by atoms with Crippen molar-refractivity contribution < 1.29 is 0 Å². The summed E-state index contributed by atoms with van der Waals surface area (Å²) in [7, 11) is 0. The van der Waals surface area contributed by atoms with Crippen LogP contribution in [0.5, 0.6) is 0 Å². The van der Waals surface area contributed by atoms with Gasteiger partial charge < -0.3 is 0 Å². The number of tetrazole rings is 1. The molecule has 0 spiro atoms. The first-order chi connectivity index (χ1) is 13.8. The van der Waals surface area contributed by atoms with Crippen LogP contribution in [0.25, 0.3) is 28.2 Å². The molecule has 0 aliphatic carbocycles. The van der Waals surface area contributed by atoms with Crippen molar-refractivity contribution in [3.8, 4) is 22.5 Å². The number of rotatable bonds is 5. The molecule has 0 saturated carbocycles. The van der Waals surface area contributed by atoms with Gasteiger partial charge in [0.2, 0.25) is 0 Å². The summed E-state index contributed by atoms with van der Waals surface area (Å²) in [5, 5.41) is 18.8. The van der Waals surface area contributed by atoms with Crippen LogP contribution in [0.4, 0.5) is 0 Å². The Morgan fingerprint density at radius 3 is 2.54 bits per heavy atom. The van der Waals surface area contributed by atoms with Crippen molar-refractivity contribution in [3.63, 3.8) is 0 Å². The maximum atomic E-state index is 4.54. The lowest BCUT2D eigenvalue weighted by Crippen LogP contribution is -2.07. The quantitative estimate of drug-likeness (QED) is 0.514. The third kappa shape index (κ3) is 2.84. The molecule has 0 saturated heterocycles. The Morgan fingerprint density at radius 2 is 1.79 bits per heavy atom. The molecule has 28 heavy (non-hydrogen) atoms. The van der Waals surface area contributed by atoms with Crippen LogP contribution in [-0.2, 0) is 13.0 Å². The molecule has 0 fully saturated rings. The molecule has 8 nitrogen and oxygen atoms in total. The zero-order chi connectivity index (χ0) is 18.9. The van der Waals surface area contributed by atoms with E-state index in [2.05, 4.69) is 72.6 Å². The van der Waals surface area contributed by atoms with Crippen molar-refractivity contribution >= 4 is 5.65 Å². The van der Waals surface area contributed by atoms with Gasteiger partial charge in [0.05, 0.1) is 6.54 Å². The van der Waals surface area contributed by atoms with E-state index < -0.39 is 0 Å². The molecule has 0 atom stereocenters. The summed E-state index contributed by atoms with van der Waals surface area (Å²) >= 11 is 0. The summed E-state index contributed by atoms with van der Waals surface area (Å²) in [6, 6.07) is 18.6. The Labute approximate surface area is 160 Å². The van der Waals surface area contributed by atoms with Crippen LogP contribution in [0.2, 0.25) is 0 Å². The van der Waals surface area contributed by atoms with Crippen LogP contribution in [0.3, 0.4) is 0 Å². The molecule has 8 heteroatoms. The standard InChI is InChI=1S/C20H18N8/c1-2-18-21-19-11-12-27(28(19)24-18)13-14-7-9-15(10-8-14)16-5-3-4-6-17(16)20-22-25-26-23-20/h3-12H,2,13H2,1H3,(H,22,23,25,26). The molecule has 0 unspecified atom stereocenters. The van der Waals surface area contributed by atoms with Gasteiger partial charge in [-0.2, -0.15) is 4.63 Å². The van der Waals surface area contributed by atoms with Crippen LogP contribution < -0.4 is 0 Å². The molecule has 0 radical (unpaired) electrons. The highest BCUT2D eigenvalue weighted by molar-refractivity contribution is 5.80. The van der Waals surface area contributed by atoms with E-state index in [1.54, 1.807) is 0 Å². The zero-order valence-corrected chi connectivity index (χ0v) is 15.3. The first-order valence-electron chi connectivity index (χ1n) is 9.15. The molecular weight excluding hydrogens is 352 g/mol. The summed E-state index contributed by atoms with van der Waals surface area (Å²) in [6.07, 6.45) is 2.84. The largest absolute Gasteiger partial charge is 0.266 e. The van der Waals surface area contributed by atoms with E-state index in [1.165, 1.54) is 5.56 Å². The molecule has 3 aromatic heterocycles. The second-order valence-corrected chi connectivity index (χ2v) is 6.53. The van der Waals surface area contributed by atoms with E-state index in [0.29, 0.717) is 5.82 Å². The predicted molar refractivity (Wildman–Crippen MR) is 105 cm³/mol. The number of fused-ring (bicyclic) bond motifs is 1. The fraction of sp³-hybridized carbons (Fsp3) is 0.150. The van der Waals surface area contributed by atoms with E-state index in [4.69, 9.17) is 0 Å². The number of hydrogen-bond donors (Lipinski definition) is 1. The van der Waals surface area contributed by atoms with Crippen LogP contribution in [0.1, 0.15) is 18.3 Å². The Hall–Kier alpha value is -3.81. The first-order valence-corrected chi connectivity index (χ1v) is 9.15. The number of aromatic amines is 1. The Balaban J connectivity index is 1.44. The maximum absolute atomic E-state index is 4.54. The molecule has 0 bridgehead atoms. The van der Waals surface area contributed by atoms with Gasteiger partial charge in [0.25, 0.3) is 0 Å². The second kappa shape index (κ2) is 6.73. The van der Waals surface area contributed by atoms with Crippen molar-refractivity contribution in [2.45, 2.75) is 19.9 Å². The lowest BCUT2D eigenvalue weighted by Gasteiger charge is -2.09. The second-order valence-electron chi connectivity index (χ2n) is 6.53. The minimum absolute atomic E-state index is 0.660. The monoisotopic (exact) mass is 370 g/mol. The number of nitrogens with one attached hydrogen (secondary N) is 1. The molecule has 1 N–H and O–H groups in total. The predicted octanol–water partition coefficient (Wildman–Crippen LogP) is 2.99. The van der Waals surface area contributed by atoms with Gasteiger partial charge in [0, 0.05) is 24.2 Å². The van der Waals surface area contributed by atoms with Crippen LogP contribution >= 0.6 is 0 Å². The fourth-order valence-electron chi connectivity index (χ4n) is 3.33. The molecule has 138 valence electrons. The molecule has 5 rings (SSSR count). The van der Waals surface area contributed by atoms with Gasteiger partial charge in [-0.15, -0.1) is 10.2 Å². The van der Waals surface area contributed by atoms with Crippen molar-refractivity contribution in [1.29, 1.82) is 0 Å². The van der Waals surface area contributed by atoms with Gasteiger partial charge in [-0.1, -0.05) is 55.5 Å². The summed E-state index contributed by atoms with van der Waals surface area (Å²) in [5.74, 6) is 1.52. The third-order valence-electron chi connectivity index (χ3n) is 4.75. The van der Waals surface area contributed by atoms with Gasteiger partial charge in [-0.25, -0.2) is 10.1 Å². The third-order valence-corrected chi connectivity index (χ3v) is 4.75. The average molecular weight is 370 g/mol. The lowest BCUT2D eigenvalue weighted by molar-refractivity contribution is 0.580. The highest BCUT2D eigenvalue weighted by Gasteiger charge is 2.10. The molecular formula is C20H18N8. The Kier molecular flexibility index (Phi) is 3.93. The SMILES string of the molecule is CCc1nc2ccn(Cc3ccc(-c4ccccc4-c4nnn[nH]4)cc3)n2n1. The van der Waals surface area contributed by atoms with Crippen molar-refractivity contribution in [2.24, 2.45) is 0 Å². The highest BCUT2D eigenvalue weighted by atomic mass is 15.5. The highest BCUT2D eigenvalue weighted by Crippen LogP contribution is 2.29. The van der Waals surface area contributed by atoms with Crippen LogP contribution in [-0.4, -0.2) is 40.0 Å². The number of nitrogens with zero attached hydrogens (tertiary/aromatic N) is 7. The summed E-state index contributed by atoms with van der Waals surface area (Å²) in [4.78, 5) is 4.49.